The van der Waals surface area contributed by atoms with E-state index in [0.717, 1.165) is 25.1 Å². The predicted octanol–water partition coefficient (Wildman–Crippen LogP) is 5.03. The Morgan fingerprint density at radius 3 is 2.95 bits per heavy atom. The lowest BCUT2D eigenvalue weighted by Crippen LogP contribution is -2.10. The monoisotopic (exact) mass is 308 g/mol. The van der Waals surface area contributed by atoms with Crippen molar-refractivity contribution >= 4 is 11.3 Å². The van der Waals surface area contributed by atoms with E-state index in [9.17, 15) is 0 Å². The normalized spacial score (nSPS) is 13.2. The Hall–Kier alpha value is -1.87. The third kappa shape index (κ3) is 2.30. The maximum atomic E-state index is 4.70. The second-order valence-electron chi connectivity index (χ2n) is 6.45. The van der Waals surface area contributed by atoms with E-state index in [4.69, 9.17) is 4.98 Å². The summed E-state index contributed by atoms with van der Waals surface area (Å²) in [4.78, 5) is 5.96. The van der Waals surface area contributed by atoms with E-state index in [1.54, 1.807) is 11.3 Å². The summed E-state index contributed by atoms with van der Waals surface area (Å²) in [6.07, 6.45) is 4.24. The van der Waals surface area contributed by atoms with E-state index in [2.05, 4.69) is 54.1 Å². The number of aromatic nitrogens is 2. The van der Waals surface area contributed by atoms with Crippen molar-refractivity contribution in [3.05, 3.63) is 53.2 Å². The van der Waals surface area contributed by atoms with Gasteiger partial charge >= 0.3 is 0 Å². The van der Waals surface area contributed by atoms with Gasteiger partial charge in [-0.3, -0.25) is 0 Å². The summed E-state index contributed by atoms with van der Waals surface area (Å²) < 4.78 is 2.32. The van der Waals surface area contributed by atoms with E-state index in [1.165, 1.54) is 27.3 Å². The maximum absolute atomic E-state index is 4.70. The van der Waals surface area contributed by atoms with Gasteiger partial charge in [0, 0.05) is 12.1 Å². The number of thiophene rings is 1. The molecule has 0 bridgehead atoms. The van der Waals surface area contributed by atoms with Crippen LogP contribution >= 0.6 is 11.3 Å². The van der Waals surface area contributed by atoms with Crippen LogP contribution in [-0.2, 0) is 19.4 Å². The lowest BCUT2D eigenvalue weighted by molar-refractivity contribution is 0.645. The SMILES string of the molecule is CC(C)Cc1ccc2c(c1)-c1c(-c3cccs3)ncn1CC2. The fourth-order valence-electron chi connectivity index (χ4n) is 3.33. The summed E-state index contributed by atoms with van der Waals surface area (Å²) in [5.41, 5.74) is 6.70. The zero-order valence-corrected chi connectivity index (χ0v) is 13.9. The van der Waals surface area contributed by atoms with Crippen LogP contribution in [0.25, 0.3) is 21.8 Å². The number of aryl methyl sites for hydroxylation is 2. The van der Waals surface area contributed by atoms with Crippen molar-refractivity contribution < 1.29 is 0 Å². The van der Waals surface area contributed by atoms with Gasteiger partial charge in [0.15, 0.2) is 0 Å². The van der Waals surface area contributed by atoms with Gasteiger partial charge in [-0.25, -0.2) is 4.98 Å². The molecule has 112 valence electrons. The molecule has 2 nitrogen and oxygen atoms in total. The number of nitrogens with zero attached hydrogens (tertiary/aromatic N) is 2. The number of benzene rings is 1. The topological polar surface area (TPSA) is 17.8 Å². The highest BCUT2D eigenvalue weighted by molar-refractivity contribution is 7.13. The van der Waals surface area contributed by atoms with Crippen LogP contribution < -0.4 is 0 Å². The minimum atomic E-state index is 0.684. The fourth-order valence-corrected chi connectivity index (χ4v) is 4.05. The van der Waals surface area contributed by atoms with Crippen molar-refractivity contribution in [2.75, 3.05) is 0 Å². The molecule has 0 radical (unpaired) electrons. The molecule has 3 heteroatoms. The zero-order valence-electron chi connectivity index (χ0n) is 13.0. The van der Waals surface area contributed by atoms with Gasteiger partial charge in [0.05, 0.1) is 16.9 Å². The molecule has 0 saturated carbocycles. The Morgan fingerprint density at radius 2 is 2.18 bits per heavy atom. The van der Waals surface area contributed by atoms with Gasteiger partial charge in [-0.15, -0.1) is 11.3 Å². The van der Waals surface area contributed by atoms with Gasteiger partial charge in [-0.05, 0) is 47.4 Å². The van der Waals surface area contributed by atoms with Gasteiger partial charge < -0.3 is 4.57 Å². The van der Waals surface area contributed by atoms with Crippen LogP contribution in [-0.4, -0.2) is 9.55 Å². The molecule has 22 heavy (non-hydrogen) atoms. The van der Waals surface area contributed by atoms with Crippen molar-refractivity contribution in [3.63, 3.8) is 0 Å². The molecule has 0 spiro atoms. The van der Waals surface area contributed by atoms with Gasteiger partial charge in [-0.1, -0.05) is 32.0 Å². The Labute approximate surface area is 135 Å². The quantitative estimate of drug-likeness (QED) is 0.663. The zero-order chi connectivity index (χ0) is 15.1. The third-order valence-electron chi connectivity index (χ3n) is 4.29. The molecule has 0 fully saturated rings. The van der Waals surface area contributed by atoms with E-state index in [-0.39, 0.29) is 0 Å². The van der Waals surface area contributed by atoms with Crippen molar-refractivity contribution in [3.8, 4) is 21.8 Å². The molecule has 0 saturated heterocycles. The highest BCUT2D eigenvalue weighted by atomic mass is 32.1. The molecular formula is C19H20N2S. The number of hydrogen-bond acceptors (Lipinski definition) is 2. The van der Waals surface area contributed by atoms with Crippen LogP contribution in [0, 0.1) is 5.92 Å². The number of hydrogen-bond donors (Lipinski definition) is 0. The van der Waals surface area contributed by atoms with Gasteiger partial charge in [0.25, 0.3) is 0 Å². The second-order valence-corrected chi connectivity index (χ2v) is 7.40. The van der Waals surface area contributed by atoms with E-state index >= 15 is 0 Å². The number of imidazole rings is 1. The molecule has 1 aliphatic rings. The molecule has 0 aliphatic carbocycles. The highest BCUT2D eigenvalue weighted by Gasteiger charge is 2.22. The third-order valence-corrected chi connectivity index (χ3v) is 5.16. The Balaban J connectivity index is 1.86. The van der Waals surface area contributed by atoms with E-state index in [0.29, 0.717) is 5.92 Å². The standard InChI is InChI=1S/C19H20N2S/c1-13(2)10-14-5-6-15-7-8-21-12-20-18(17-4-3-9-22-17)19(21)16(15)11-14/h3-6,9,11-13H,7-8,10H2,1-2H3. The summed E-state index contributed by atoms with van der Waals surface area (Å²) in [5, 5.41) is 2.12. The van der Waals surface area contributed by atoms with E-state index in [1.807, 2.05) is 6.33 Å². The number of rotatable bonds is 3. The van der Waals surface area contributed by atoms with E-state index < -0.39 is 0 Å². The smallest absolute Gasteiger partial charge is 0.106 e. The first-order valence-electron chi connectivity index (χ1n) is 7.93. The largest absolute Gasteiger partial charge is 0.330 e. The molecule has 3 aromatic rings. The second kappa shape index (κ2) is 5.40. The molecule has 1 aromatic carbocycles. The van der Waals surface area contributed by atoms with Crippen molar-refractivity contribution in [1.29, 1.82) is 0 Å². The van der Waals surface area contributed by atoms with Crippen LogP contribution in [0.3, 0.4) is 0 Å². The highest BCUT2D eigenvalue weighted by Crippen LogP contribution is 2.38. The molecule has 1 aliphatic heterocycles. The summed E-state index contributed by atoms with van der Waals surface area (Å²) in [6, 6.07) is 11.3. The lowest BCUT2D eigenvalue weighted by atomic mass is 9.92. The van der Waals surface area contributed by atoms with Crippen LogP contribution in [0.15, 0.2) is 42.0 Å². The molecule has 0 unspecified atom stereocenters. The summed E-state index contributed by atoms with van der Waals surface area (Å²) in [5.74, 6) is 0.684. The summed E-state index contributed by atoms with van der Waals surface area (Å²) >= 11 is 1.77. The molecule has 0 amide bonds. The molecule has 0 atom stereocenters. The maximum Gasteiger partial charge on any atom is 0.106 e. The first-order chi connectivity index (χ1) is 10.7. The molecule has 4 rings (SSSR count). The Kier molecular flexibility index (Phi) is 3.38. The average Bonchev–Trinajstić information content (AvgIpc) is 3.15. The fraction of sp³-hybridized carbons (Fsp3) is 0.316. The van der Waals surface area contributed by atoms with Gasteiger partial charge in [0.1, 0.15) is 5.69 Å². The first kappa shape index (κ1) is 13.8. The van der Waals surface area contributed by atoms with Gasteiger partial charge in [-0.2, -0.15) is 0 Å². The summed E-state index contributed by atoms with van der Waals surface area (Å²) in [6.45, 7) is 5.59. The van der Waals surface area contributed by atoms with Crippen LogP contribution in [0.1, 0.15) is 25.0 Å². The van der Waals surface area contributed by atoms with Crippen LogP contribution in [0.4, 0.5) is 0 Å². The molecule has 0 N–H and O–H groups in total. The molecule has 2 aromatic heterocycles. The van der Waals surface area contributed by atoms with Crippen LogP contribution in [0.2, 0.25) is 0 Å². The van der Waals surface area contributed by atoms with Gasteiger partial charge in [0.2, 0.25) is 0 Å². The number of fused-ring (bicyclic) bond motifs is 3. The summed E-state index contributed by atoms with van der Waals surface area (Å²) in [7, 11) is 0. The lowest BCUT2D eigenvalue weighted by Gasteiger charge is -2.21. The minimum absolute atomic E-state index is 0.684. The average molecular weight is 308 g/mol. The van der Waals surface area contributed by atoms with Crippen molar-refractivity contribution in [1.82, 2.24) is 9.55 Å². The first-order valence-corrected chi connectivity index (χ1v) is 8.81. The van der Waals surface area contributed by atoms with Crippen molar-refractivity contribution in [2.24, 2.45) is 5.92 Å². The molecular weight excluding hydrogens is 288 g/mol. The predicted molar refractivity (Wildman–Crippen MR) is 93.2 cm³/mol. The van der Waals surface area contributed by atoms with Crippen LogP contribution in [0.5, 0.6) is 0 Å². The minimum Gasteiger partial charge on any atom is -0.330 e. The van der Waals surface area contributed by atoms with Crippen molar-refractivity contribution in [2.45, 2.75) is 33.2 Å². The Bertz CT molecular complexity index is 797. The Morgan fingerprint density at radius 1 is 1.27 bits per heavy atom. The molecule has 3 heterocycles.